The van der Waals surface area contributed by atoms with Crippen LogP contribution in [0.2, 0.25) is 0 Å². The van der Waals surface area contributed by atoms with Crippen LogP contribution in [0.25, 0.3) is 0 Å². The highest BCUT2D eigenvalue weighted by atomic mass is 16.5. The Morgan fingerprint density at radius 1 is 1.11 bits per heavy atom. The average Bonchev–Trinajstić information content (AvgIpc) is 2.66. The van der Waals surface area contributed by atoms with Crippen molar-refractivity contribution in [1.82, 2.24) is 4.90 Å². The van der Waals surface area contributed by atoms with Crippen molar-refractivity contribution in [3.63, 3.8) is 0 Å². The summed E-state index contributed by atoms with van der Waals surface area (Å²) < 4.78 is 5.82. The molecule has 98 valence electrons. The topological polar surface area (TPSA) is 52.9 Å². The molecule has 4 nitrogen and oxygen atoms in total. The van der Waals surface area contributed by atoms with E-state index in [2.05, 4.69) is 11.8 Å². The van der Waals surface area contributed by atoms with Crippen LogP contribution in [0.5, 0.6) is 11.5 Å². The first kappa shape index (κ1) is 11.8. The molecule has 2 saturated heterocycles. The number of aromatic hydroxyl groups is 2. The molecule has 3 rings (SSSR count). The number of rotatable bonds is 2. The van der Waals surface area contributed by atoms with Gasteiger partial charge in [0.15, 0.2) is 0 Å². The molecule has 0 amide bonds. The van der Waals surface area contributed by atoms with Gasteiger partial charge in [-0.25, -0.2) is 0 Å². The zero-order valence-electron chi connectivity index (χ0n) is 10.5. The molecule has 0 aromatic heterocycles. The molecule has 2 fully saturated rings. The lowest BCUT2D eigenvalue weighted by molar-refractivity contribution is -0.0509. The van der Waals surface area contributed by atoms with E-state index in [1.807, 2.05) is 0 Å². The van der Waals surface area contributed by atoms with E-state index in [4.69, 9.17) is 4.74 Å². The predicted octanol–water partition coefficient (Wildman–Crippen LogP) is 2.02. The number of phenolic OH excluding ortho intramolecular Hbond substituents is 2. The lowest BCUT2D eigenvalue weighted by Crippen LogP contribution is -2.43. The first-order valence-corrected chi connectivity index (χ1v) is 6.54. The van der Waals surface area contributed by atoms with Gasteiger partial charge in [-0.05, 0) is 37.5 Å². The summed E-state index contributed by atoms with van der Waals surface area (Å²) in [5.74, 6) is 0.237. The number of hydrogen-bond acceptors (Lipinski definition) is 4. The monoisotopic (exact) mass is 249 g/mol. The fourth-order valence-electron chi connectivity index (χ4n) is 3.03. The highest BCUT2D eigenvalue weighted by Crippen LogP contribution is 2.33. The maximum absolute atomic E-state index is 9.55. The summed E-state index contributed by atoms with van der Waals surface area (Å²) in [6.07, 6.45) is 3.02. The van der Waals surface area contributed by atoms with Gasteiger partial charge in [-0.3, -0.25) is 4.90 Å². The Morgan fingerprint density at radius 2 is 1.67 bits per heavy atom. The minimum absolute atomic E-state index is 0.119. The summed E-state index contributed by atoms with van der Waals surface area (Å²) in [6, 6.07) is 5.00. The molecule has 2 N–H and O–H groups in total. The fourth-order valence-corrected chi connectivity index (χ4v) is 3.03. The maximum Gasteiger partial charge on any atom is 0.119 e. The Kier molecular flexibility index (Phi) is 2.92. The van der Waals surface area contributed by atoms with E-state index in [-0.39, 0.29) is 17.5 Å². The molecule has 3 atom stereocenters. The minimum atomic E-state index is 0.119. The molecule has 0 saturated carbocycles. The normalized spacial score (nSPS) is 29.4. The largest absolute Gasteiger partial charge is 0.508 e. The van der Waals surface area contributed by atoms with Crippen LogP contribution in [0.15, 0.2) is 18.2 Å². The number of benzene rings is 1. The van der Waals surface area contributed by atoms with Gasteiger partial charge < -0.3 is 14.9 Å². The molecule has 0 spiro atoms. The number of phenols is 2. The third-order valence-corrected chi connectivity index (χ3v) is 4.03. The molecule has 1 aromatic rings. The standard InChI is InChI=1S/C14H19NO3/c1-9(10-4-11(16)6-12(17)5-10)15-7-13-2-3-14(8-15)18-13/h4-6,9,13-14,16-17H,2-3,7-8H2,1H3. The Hall–Kier alpha value is -1.26. The molecule has 1 aromatic carbocycles. The van der Waals surface area contributed by atoms with Gasteiger partial charge in [-0.15, -0.1) is 0 Å². The third-order valence-electron chi connectivity index (χ3n) is 4.03. The fraction of sp³-hybridized carbons (Fsp3) is 0.571. The molecule has 3 unspecified atom stereocenters. The van der Waals surface area contributed by atoms with Gasteiger partial charge in [-0.1, -0.05) is 0 Å². The molecule has 18 heavy (non-hydrogen) atoms. The Bertz CT molecular complexity index is 416. The molecule has 4 heteroatoms. The van der Waals surface area contributed by atoms with Crippen molar-refractivity contribution < 1.29 is 14.9 Å². The minimum Gasteiger partial charge on any atom is -0.508 e. The smallest absolute Gasteiger partial charge is 0.119 e. The highest BCUT2D eigenvalue weighted by Gasteiger charge is 2.35. The third kappa shape index (κ3) is 2.18. The van der Waals surface area contributed by atoms with Crippen LogP contribution in [0.3, 0.4) is 0 Å². The van der Waals surface area contributed by atoms with Crippen LogP contribution in [-0.2, 0) is 4.74 Å². The number of hydrogen-bond donors (Lipinski definition) is 2. The molecule has 2 heterocycles. The van der Waals surface area contributed by atoms with Crippen molar-refractivity contribution in [2.45, 2.75) is 38.0 Å². The molecular weight excluding hydrogens is 230 g/mol. The lowest BCUT2D eigenvalue weighted by Gasteiger charge is -2.36. The van der Waals surface area contributed by atoms with E-state index in [9.17, 15) is 10.2 Å². The van der Waals surface area contributed by atoms with Crippen molar-refractivity contribution >= 4 is 0 Å². The number of likely N-dealkylation sites (tertiary alicyclic amines) is 1. The van der Waals surface area contributed by atoms with Gasteiger partial charge in [0.25, 0.3) is 0 Å². The van der Waals surface area contributed by atoms with Crippen LogP contribution in [-0.4, -0.2) is 40.4 Å². The summed E-state index contributed by atoms with van der Waals surface area (Å²) in [6.45, 7) is 3.99. The first-order chi connectivity index (χ1) is 8.61. The summed E-state index contributed by atoms with van der Waals surface area (Å²) in [5, 5.41) is 19.1. The molecule has 2 bridgehead atoms. The number of morpholine rings is 1. The van der Waals surface area contributed by atoms with E-state index in [1.54, 1.807) is 12.1 Å². The molecule has 0 radical (unpaired) electrons. The van der Waals surface area contributed by atoms with Crippen molar-refractivity contribution in [2.24, 2.45) is 0 Å². The van der Waals surface area contributed by atoms with E-state index < -0.39 is 0 Å². The van der Waals surface area contributed by atoms with Gasteiger partial charge in [0.2, 0.25) is 0 Å². The summed E-state index contributed by atoms with van der Waals surface area (Å²) in [5.41, 5.74) is 0.953. The summed E-state index contributed by atoms with van der Waals surface area (Å²) >= 11 is 0. The van der Waals surface area contributed by atoms with Gasteiger partial charge in [0.1, 0.15) is 11.5 Å². The van der Waals surface area contributed by atoms with Crippen molar-refractivity contribution in [3.05, 3.63) is 23.8 Å². The number of nitrogens with zero attached hydrogens (tertiary/aromatic N) is 1. The first-order valence-electron chi connectivity index (χ1n) is 6.54. The van der Waals surface area contributed by atoms with Crippen LogP contribution in [0.1, 0.15) is 31.4 Å². The Labute approximate surface area is 107 Å². The van der Waals surface area contributed by atoms with Crippen molar-refractivity contribution in [1.29, 1.82) is 0 Å². The second kappa shape index (κ2) is 4.44. The SMILES string of the molecule is CC(c1cc(O)cc(O)c1)N1CC2CCC(C1)O2. The van der Waals surface area contributed by atoms with Crippen molar-refractivity contribution in [2.75, 3.05) is 13.1 Å². The molecule has 0 aliphatic carbocycles. The van der Waals surface area contributed by atoms with E-state index in [1.165, 1.54) is 6.07 Å². The van der Waals surface area contributed by atoms with Gasteiger partial charge in [0, 0.05) is 25.2 Å². The quantitative estimate of drug-likeness (QED) is 0.842. The average molecular weight is 249 g/mol. The van der Waals surface area contributed by atoms with Crippen LogP contribution < -0.4 is 0 Å². The Balaban J connectivity index is 1.79. The van der Waals surface area contributed by atoms with Crippen LogP contribution in [0.4, 0.5) is 0 Å². The van der Waals surface area contributed by atoms with Gasteiger partial charge >= 0.3 is 0 Å². The van der Waals surface area contributed by atoms with Crippen LogP contribution in [0, 0.1) is 0 Å². The number of fused-ring (bicyclic) bond motifs is 2. The number of ether oxygens (including phenoxy) is 1. The van der Waals surface area contributed by atoms with E-state index in [0.717, 1.165) is 31.5 Å². The van der Waals surface area contributed by atoms with Crippen LogP contribution >= 0.6 is 0 Å². The summed E-state index contributed by atoms with van der Waals surface area (Å²) in [4.78, 5) is 2.38. The van der Waals surface area contributed by atoms with Gasteiger partial charge in [-0.2, -0.15) is 0 Å². The lowest BCUT2D eigenvalue weighted by atomic mass is 10.0. The maximum atomic E-state index is 9.55. The molecule has 2 aliphatic heterocycles. The highest BCUT2D eigenvalue weighted by molar-refractivity contribution is 5.38. The van der Waals surface area contributed by atoms with E-state index in [0.29, 0.717) is 12.2 Å². The molecule has 2 aliphatic rings. The second-order valence-electron chi connectivity index (χ2n) is 5.37. The summed E-state index contributed by atoms with van der Waals surface area (Å²) in [7, 11) is 0. The second-order valence-corrected chi connectivity index (χ2v) is 5.37. The van der Waals surface area contributed by atoms with Crippen molar-refractivity contribution in [3.8, 4) is 11.5 Å². The predicted molar refractivity (Wildman–Crippen MR) is 67.7 cm³/mol. The molecular formula is C14H19NO3. The zero-order chi connectivity index (χ0) is 12.7. The Morgan fingerprint density at radius 3 is 2.22 bits per heavy atom. The van der Waals surface area contributed by atoms with E-state index >= 15 is 0 Å². The zero-order valence-corrected chi connectivity index (χ0v) is 10.5. The van der Waals surface area contributed by atoms with Gasteiger partial charge in [0.05, 0.1) is 12.2 Å².